The Morgan fingerprint density at radius 3 is 2.67 bits per heavy atom. The number of amides is 2. The van der Waals surface area contributed by atoms with Crippen LogP contribution in [-0.2, 0) is 16.1 Å². The Kier molecular flexibility index (Phi) is 5.51. The van der Waals surface area contributed by atoms with Crippen LogP contribution in [0.5, 0.6) is 0 Å². The molecule has 0 bridgehead atoms. The van der Waals surface area contributed by atoms with E-state index in [1.54, 1.807) is 24.3 Å². The second kappa shape index (κ2) is 8.00. The van der Waals surface area contributed by atoms with Crippen LogP contribution in [0.1, 0.15) is 30.1 Å². The summed E-state index contributed by atoms with van der Waals surface area (Å²) in [5.74, 6) is -0.895. The highest BCUT2D eigenvalue weighted by molar-refractivity contribution is 6.04. The van der Waals surface area contributed by atoms with Gasteiger partial charge >= 0.3 is 5.69 Å². The quantitative estimate of drug-likeness (QED) is 0.721. The number of benzene rings is 1. The Labute approximate surface area is 154 Å². The summed E-state index contributed by atoms with van der Waals surface area (Å²) in [5.41, 5.74) is -0.526. The van der Waals surface area contributed by atoms with Crippen molar-refractivity contribution < 1.29 is 14.3 Å². The number of anilines is 2. The van der Waals surface area contributed by atoms with Gasteiger partial charge in [-0.25, -0.2) is 4.79 Å². The lowest BCUT2D eigenvalue weighted by Gasteiger charge is -2.12. The van der Waals surface area contributed by atoms with Crippen molar-refractivity contribution >= 4 is 23.2 Å². The Morgan fingerprint density at radius 2 is 2.00 bits per heavy atom. The van der Waals surface area contributed by atoms with Crippen molar-refractivity contribution in [1.82, 2.24) is 9.55 Å². The van der Waals surface area contributed by atoms with Gasteiger partial charge in [0.25, 0.3) is 11.5 Å². The van der Waals surface area contributed by atoms with Crippen LogP contribution in [0.25, 0.3) is 0 Å². The zero-order chi connectivity index (χ0) is 19.4. The number of rotatable bonds is 5. The Bertz CT molecular complexity index is 972. The summed E-state index contributed by atoms with van der Waals surface area (Å²) in [6.45, 7) is 2.08. The molecule has 9 heteroatoms. The minimum Gasteiger partial charge on any atom is -0.376 e. The number of aromatic nitrogens is 2. The van der Waals surface area contributed by atoms with Crippen molar-refractivity contribution in [2.24, 2.45) is 0 Å². The van der Waals surface area contributed by atoms with Gasteiger partial charge in [0.05, 0.1) is 12.6 Å². The van der Waals surface area contributed by atoms with Gasteiger partial charge in [0.15, 0.2) is 0 Å². The SMILES string of the molecule is CC(=O)Nc1cccc(NC(=O)c2c[nH]c(=O)n(CC3CCCO3)c2=O)c1. The predicted octanol–water partition coefficient (Wildman–Crippen LogP) is 0.926. The molecule has 0 saturated carbocycles. The number of carbonyl (C=O) groups excluding carboxylic acids is 2. The second-order valence-electron chi connectivity index (χ2n) is 6.27. The van der Waals surface area contributed by atoms with E-state index in [9.17, 15) is 19.2 Å². The molecule has 1 aromatic heterocycles. The van der Waals surface area contributed by atoms with Crippen LogP contribution in [-0.4, -0.2) is 34.1 Å². The van der Waals surface area contributed by atoms with Gasteiger partial charge < -0.3 is 20.4 Å². The minimum absolute atomic E-state index is 0.104. The predicted molar refractivity (Wildman–Crippen MR) is 99.0 cm³/mol. The average molecular weight is 372 g/mol. The van der Waals surface area contributed by atoms with E-state index < -0.39 is 17.2 Å². The molecule has 0 radical (unpaired) electrons. The van der Waals surface area contributed by atoms with Gasteiger partial charge in [-0.15, -0.1) is 0 Å². The van der Waals surface area contributed by atoms with Crippen LogP contribution in [0.3, 0.4) is 0 Å². The molecule has 1 aliphatic heterocycles. The van der Waals surface area contributed by atoms with Crippen molar-refractivity contribution in [1.29, 1.82) is 0 Å². The molecule has 1 saturated heterocycles. The van der Waals surface area contributed by atoms with Gasteiger partial charge in [0, 0.05) is 31.1 Å². The Morgan fingerprint density at radius 1 is 1.26 bits per heavy atom. The highest BCUT2D eigenvalue weighted by Gasteiger charge is 2.20. The van der Waals surface area contributed by atoms with E-state index in [0.29, 0.717) is 18.0 Å². The molecule has 3 N–H and O–H groups in total. The third-order valence-electron chi connectivity index (χ3n) is 4.16. The van der Waals surface area contributed by atoms with Crippen molar-refractivity contribution in [3.8, 4) is 0 Å². The summed E-state index contributed by atoms with van der Waals surface area (Å²) in [7, 11) is 0. The molecule has 9 nitrogen and oxygen atoms in total. The molecule has 2 heterocycles. The maximum atomic E-state index is 12.6. The van der Waals surface area contributed by atoms with Crippen molar-refractivity contribution in [3.63, 3.8) is 0 Å². The van der Waals surface area contributed by atoms with Crippen LogP contribution in [0.2, 0.25) is 0 Å². The molecule has 1 unspecified atom stereocenters. The van der Waals surface area contributed by atoms with Crippen molar-refractivity contribution in [2.75, 3.05) is 17.2 Å². The van der Waals surface area contributed by atoms with E-state index in [1.807, 2.05) is 0 Å². The van der Waals surface area contributed by atoms with Crippen LogP contribution in [0.4, 0.5) is 11.4 Å². The number of nitrogens with one attached hydrogen (secondary N) is 3. The maximum Gasteiger partial charge on any atom is 0.328 e. The highest BCUT2D eigenvalue weighted by atomic mass is 16.5. The van der Waals surface area contributed by atoms with Gasteiger partial charge in [-0.05, 0) is 31.0 Å². The lowest BCUT2D eigenvalue weighted by atomic mass is 10.2. The normalized spacial score (nSPS) is 16.1. The standard InChI is InChI=1S/C18H20N4O5/c1-11(23)20-12-4-2-5-13(8-12)21-16(24)15-9-19-18(26)22(17(15)25)10-14-6-3-7-27-14/h2,4-5,8-9,14H,3,6-7,10H2,1H3,(H,19,26)(H,20,23)(H,21,24). The first-order valence-electron chi connectivity index (χ1n) is 8.57. The summed E-state index contributed by atoms with van der Waals surface area (Å²) in [5, 5.41) is 5.21. The smallest absolute Gasteiger partial charge is 0.328 e. The largest absolute Gasteiger partial charge is 0.376 e. The summed E-state index contributed by atoms with van der Waals surface area (Å²) in [6.07, 6.45) is 2.53. The fourth-order valence-electron chi connectivity index (χ4n) is 2.91. The summed E-state index contributed by atoms with van der Waals surface area (Å²) in [6, 6.07) is 6.52. The number of aromatic amines is 1. The second-order valence-corrected chi connectivity index (χ2v) is 6.27. The minimum atomic E-state index is -0.676. The molecule has 3 rings (SSSR count). The number of H-pyrrole nitrogens is 1. The summed E-state index contributed by atoms with van der Waals surface area (Å²) >= 11 is 0. The number of ether oxygens (including phenoxy) is 1. The zero-order valence-corrected chi connectivity index (χ0v) is 14.8. The van der Waals surface area contributed by atoms with E-state index in [0.717, 1.165) is 23.6 Å². The molecule has 2 amide bonds. The van der Waals surface area contributed by atoms with Crippen LogP contribution in [0, 0.1) is 0 Å². The molecule has 1 fully saturated rings. The van der Waals surface area contributed by atoms with Gasteiger partial charge in [-0.3, -0.25) is 19.0 Å². The Hall–Kier alpha value is -3.20. The van der Waals surface area contributed by atoms with E-state index in [1.165, 1.54) is 6.92 Å². The number of nitrogens with zero attached hydrogens (tertiary/aromatic N) is 1. The van der Waals surface area contributed by atoms with Crippen molar-refractivity contribution in [3.05, 3.63) is 56.9 Å². The Balaban J connectivity index is 1.81. The molecular weight excluding hydrogens is 352 g/mol. The summed E-state index contributed by atoms with van der Waals surface area (Å²) < 4.78 is 6.44. The van der Waals surface area contributed by atoms with E-state index in [2.05, 4.69) is 15.6 Å². The van der Waals surface area contributed by atoms with Gasteiger partial charge in [0.1, 0.15) is 5.56 Å². The van der Waals surface area contributed by atoms with E-state index in [4.69, 9.17) is 4.74 Å². The fourth-order valence-corrected chi connectivity index (χ4v) is 2.91. The number of hydrogen-bond donors (Lipinski definition) is 3. The monoisotopic (exact) mass is 372 g/mol. The lowest BCUT2D eigenvalue weighted by molar-refractivity contribution is -0.114. The van der Waals surface area contributed by atoms with Crippen molar-refractivity contribution in [2.45, 2.75) is 32.4 Å². The fraction of sp³-hybridized carbons (Fsp3) is 0.333. The molecule has 27 heavy (non-hydrogen) atoms. The maximum absolute atomic E-state index is 12.6. The lowest BCUT2D eigenvalue weighted by Crippen LogP contribution is -2.41. The summed E-state index contributed by atoms with van der Waals surface area (Å²) in [4.78, 5) is 50.6. The van der Waals surface area contributed by atoms with Crippen LogP contribution < -0.4 is 21.9 Å². The van der Waals surface area contributed by atoms with E-state index >= 15 is 0 Å². The van der Waals surface area contributed by atoms with Gasteiger partial charge in [0.2, 0.25) is 5.91 Å². The first-order chi connectivity index (χ1) is 12.9. The molecule has 2 aromatic rings. The first kappa shape index (κ1) is 18.6. The molecule has 1 aliphatic rings. The molecular formula is C18H20N4O5. The molecule has 1 atom stereocenters. The third-order valence-corrected chi connectivity index (χ3v) is 4.16. The zero-order valence-electron chi connectivity index (χ0n) is 14.8. The van der Waals surface area contributed by atoms with Gasteiger partial charge in [-0.1, -0.05) is 6.07 Å². The van der Waals surface area contributed by atoms with E-state index in [-0.39, 0.29) is 24.1 Å². The molecule has 142 valence electrons. The van der Waals surface area contributed by atoms with Gasteiger partial charge in [-0.2, -0.15) is 0 Å². The van der Waals surface area contributed by atoms with Crippen LogP contribution >= 0.6 is 0 Å². The average Bonchev–Trinajstić information content (AvgIpc) is 3.11. The molecule has 1 aromatic carbocycles. The number of carbonyl (C=O) groups is 2. The highest BCUT2D eigenvalue weighted by Crippen LogP contribution is 2.16. The molecule has 0 aliphatic carbocycles. The number of hydrogen-bond acceptors (Lipinski definition) is 5. The van der Waals surface area contributed by atoms with Crippen LogP contribution in [0.15, 0.2) is 40.1 Å². The first-order valence-corrected chi connectivity index (χ1v) is 8.57. The topological polar surface area (TPSA) is 122 Å². The third kappa shape index (κ3) is 4.50. The molecule has 0 spiro atoms.